The van der Waals surface area contributed by atoms with Gasteiger partial charge in [-0.15, -0.1) is 0 Å². The highest BCUT2D eigenvalue weighted by Gasteiger charge is 2.27. The lowest BCUT2D eigenvalue weighted by Crippen LogP contribution is -2.39. The Morgan fingerprint density at radius 2 is 1.36 bits per heavy atom. The zero-order valence-electron chi connectivity index (χ0n) is 18.0. The van der Waals surface area contributed by atoms with Gasteiger partial charge in [-0.3, -0.25) is 9.48 Å². The highest BCUT2D eigenvalue weighted by atomic mass is 19.1. The zero-order valence-corrected chi connectivity index (χ0v) is 18.0. The number of amides is 1. The molecule has 3 aromatic carbocycles. The van der Waals surface area contributed by atoms with Gasteiger partial charge < -0.3 is 4.90 Å². The molecule has 1 fully saturated rings. The summed E-state index contributed by atoms with van der Waals surface area (Å²) in [4.78, 5) is 14.5. The van der Waals surface area contributed by atoms with Crippen LogP contribution in [0.4, 0.5) is 8.78 Å². The Bertz CT molecular complexity index is 1240. The van der Waals surface area contributed by atoms with Crippen LogP contribution in [0.1, 0.15) is 29.2 Å². The molecule has 0 spiro atoms. The minimum atomic E-state index is -0.745. The van der Waals surface area contributed by atoms with Crippen LogP contribution in [0.25, 0.3) is 22.5 Å². The molecule has 6 heteroatoms. The van der Waals surface area contributed by atoms with Crippen molar-refractivity contribution in [1.82, 2.24) is 14.7 Å². The quantitative estimate of drug-likeness (QED) is 0.390. The molecule has 0 saturated carbocycles. The third-order valence-electron chi connectivity index (χ3n) is 6.08. The molecule has 0 bridgehead atoms. The van der Waals surface area contributed by atoms with E-state index in [1.54, 1.807) is 4.90 Å². The summed E-state index contributed by atoms with van der Waals surface area (Å²) in [7, 11) is 0. The first-order valence-electron chi connectivity index (χ1n) is 11.0. The number of halogens is 2. The molecule has 4 nitrogen and oxygen atoms in total. The van der Waals surface area contributed by atoms with Gasteiger partial charge in [0.2, 0.25) is 0 Å². The zero-order chi connectivity index (χ0) is 22.8. The summed E-state index contributed by atoms with van der Waals surface area (Å²) in [6, 6.07) is 25.4. The fraction of sp³-hybridized carbons (Fsp3) is 0.185. The van der Waals surface area contributed by atoms with Gasteiger partial charge >= 0.3 is 0 Å². The smallest absolute Gasteiger partial charge is 0.254 e. The number of aromatic nitrogens is 2. The van der Waals surface area contributed by atoms with Gasteiger partial charge in [0.25, 0.3) is 5.91 Å². The molecule has 0 radical (unpaired) electrons. The molecule has 1 aliphatic rings. The van der Waals surface area contributed by atoms with Crippen LogP contribution in [0.3, 0.4) is 0 Å². The summed E-state index contributed by atoms with van der Waals surface area (Å²) < 4.78 is 29.2. The van der Waals surface area contributed by atoms with Crippen molar-refractivity contribution in [1.29, 1.82) is 0 Å². The van der Waals surface area contributed by atoms with Crippen LogP contribution in [0.5, 0.6) is 0 Å². The van der Waals surface area contributed by atoms with E-state index >= 15 is 0 Å². The predicted molar refractivity (Wildman–Crippen MR) is 124 cm³/mol. The highest BCUT2D eigenvalue weighted by molar-refractivity contribution is 5.94. The molecule has 33 heavy (non-hydrogen) atoms. The van der Waals surface area contributed by atoms with Crippen LogP contribution in [-0.4, -0.2) is 33.7 Å². The number of hydrogen-bond acceptors (Lipinski definition) is 2. The molecule has 2 heterocycles. The molecule has 5 rings (SSSR count). The highest BCUT2D eigenvalue weighted by Crippen LogP contribution is 2.32. The second-order valence-corrected chi connectivity index (χ2v) is 8.27. The van der Waals surface area contributed by atoms with E-state index in [9.17, 15) is 13.6 Å². The molecule has 0 unspecified atom stereocenters. The number of carbonyl (C=O) groups excluding carboxylic acids is 1. The topological polar surface area (TPSA) is 38.1 Å². The van der Waals surface area contributed by atoms with Crippen molar-refractivity contribution < 1.29 is 13.6 Å². The van der Waals surface area contributed by atoms with E-state index in [0.717, 1.165) is 40.7 Å². The normalized spacial score (nSPS) is 14.4. The van der Waals surface area contributed by atoms with Crippen molar-refractivity contribution >= 4 is 5.91 Å². The van der Waals surface area contributed by atoms with Crippen LogP contribution in [0, 0.1) is 11.6 Å². The van der Waals surface area contributed by atoms with Crippen molar-refractivity contribution in [3.8, 4) is 22.5 Å². The summed E-state index contributed by atoms with van der Waals surface area (Å²) in [6.45, 7) is 0.993. The van der Waals surface area contributed by atoms with E-state index < -0.39 is 11.6 Å². The van der Waals surface area contributed by atoms with Crippen LogP contribution >= 0.6 is 0 Å². The molecule has 1 aliphatic heterocycles. The Kier molecular flexibility index (Phi) is 5.73. The van der Waals surface area contributed by atoms with E-state index in [0.29, 0.717) is 25.9 Å². The summed E-state index contributed by atoms with van der Waals surface area (Å²) in [5.41, 5.74) is 4.12. The first kappa shape index (κ1) is 21.1. The molecule has 4 aromatic rings. The van der Waals surface area contributed by atoms with Gasteiger partial charge in [0.1, 0.15) is 11.6 Å². The second-order valence-electron chi connectivity index (χ2n) is 8.27. The lowest BCUT2D eigenvalue weighted by Gasteiger charge is -2.33. The fourth-order valence-electron chi connectivity index (χ4n) is 4.42. The maximum atomic E-state index is 13.6. The van der Waals surface area contributed by atoms with Gasteiger partial charge in [-0.1, -0.05) is 60.7 Å². The van der Waals surface area contributed by atoms with Crippen LogP contribution in [0.15, 0.2) is 84.9 Å². The molecule has 1 aromatic heterocycles. The summed E-state index contributed by atoms with van der Waals surface area (Å²) in [5.74, 6) is -1.84. The van der Waals surface area contributed by atoms with Gasteiger partial charge in [0.05, 0.1) is 17.4 Å². The summed E-state index contributed by atoms with van der Waals surface area (Å²) >= 11 is 0. The van der Waals surface area contributed by atoms with Crippen molar-refractivity contribution in [2.45, 2.75) is 18.9 Å². The van der Waals surface area contributed by atoms with Crippen LogP contribution in [-0.2, 0) is 0 Å². The van der Waals surface area contributed by atoms with E-state index in [1.165, 1.54) is 0 Å². The number of carbonyl (C=O) groups is 1. The van der Waals surface area contributed by atoms with Gasteiger partial charge in [-0.25, -0.2) is 8.78 Å². The number of hydrogen-bond donors (Lipinski definition) is 0. The Hall–Kier alpha value is -3.80. The molecule has 166 valence electrons. The van der Waals surface area contributed by atoms with Gasteiger partial charge in [-0.2, -0.15) is 5.10 Å². The summed E-state index contributed by atoms with van der Waals surface area (Å²) in [5, 5.41) is 4.95. The lowest BCUT2D eigenvalue weighted by atomic mass is 10.0. The number of benzene rings is 3. The average molecular weight is 443 g/mol. The number of likely N-dealkylation sites (tertiary alicyclic amines) is 1. The fourth-order valence-corrected chi connectivity index (χ4v) is 4.42. The molecule has 0 N–H and O–H groups in total. The Morgan fingerprint density at radius 1 is 0.788 bits per heavy atom. The minimum Gasteiger partial charge on any atom is -0.338 e. The molecular formula is C27H23F2N3O. The van der Waals surface area contributed by atoms with Gasteiger partial charge in [0.15, 0.2) is 0 Å². The molecule has 1 saturated heterocycles. The monoisotopic (exact) mass is 443 g/mol. The number of nitrogens with zero attached hydrogens (tertiary/aromatic N) is 3. The van der Waals surface area contributed by atoms with E-state index in [1.807, 2.05) is 48.5 Å². The molecule has 1 amide bonds. The Morgan fingerprint density at radius 3 is 1.97 bits per heavy atom. The largest absolute Gasteiger partial charge is 0.338 e. The molecular weight excluding hydrogens is 420 g/mol. The standard InChI is InChI=1S/C27H23F2N3O/c28-22-15-21(16-23(29)17-22)27(33)31-13-11-24(12-14-31)32-26(20-9-5-2-6-10-20)18-25(30-32)19-7-3-1-4-8-19/h1-10,15-18,24H,11-14H2. The van der Waals surface area contributed by atoms with Crippen molar-refractivity contribution in [3.63, 3.8) is 0 Å². The van der Waals surface area contributed by atoms with Crippen molar-refractivity contribution in [2.75, 3.05) is 13.1 Å². The van der Waals surface area contributed by atoms with E-state index in [2.05, 4.69) is 22.9 Å². The first-order valence-corrected chi connectivity index (χ1v) is 11.0. The number of piperidine rings is 1. The average Bonchev–Trinajstić information content (AvgIpc) is 3.30. The summed E-state index contributed by atoms with van der Waals surface area (Å²) in [6.07, 6.45) is 1.42. The Balaban J connectivity index is 1.40. The Labute approximate surface area is 191 Å². The van der Waals surface area contributed by atoms with Crippen molar-refractivity contribution in [2.24, 2.45) is 0 Å². The van der Waals surface area contributed by atoms with E-state index in [-0.39, 0.29) is 17.5 Å². The SMILES string of the molecule is O=C(c1cc(F)cc(F)c1)N1CCC(n2nc(-c3ccccc3)cc2-c2ccccc2)CC1. The first-order chi connectivity index (χ1) is 16.1. The van der Waals surface area contributed by atoms with Crippen LogP contribution < -0.4 is 0 Å². The molecule has 0 atom stereocenters. The van der Waals surface area contributed by atoms with E-state index in [4.69, 9.17) is 5.10 Å². The van der Waals surface area contributed by atoms with Gasteiger partial charge in [-0.05, 0) is 36.6 Å². The minimum absolute atomic E-state index is 0.0429. The molecule has 0 aliphatic carbocycles. The third kappa shape index (κ3) is 4.42. The maximum Gasteiger partial charge on any atom is 0.254 e. The van der Waals surface area contributed by atoms with Gasteiger partial charge in [0, 0.05) is 30.3 Å². The number of rotatable bonds is 4. The van der Waals surface area contributed by atoms with Crippen molar-refractivity contribution in [3.05, 3.63) is 102 Å². The second kappa shape index (κ2) is 8.98. The maximum absolute atomic E-state index is 13.6. The van der Waals surface area contributed by atoms with Crippen LogP contribution in [0.2, 0.25) is 0 Å². The predicted octanol–water partition coefficient (Wildman–Crippen LogP) is 5.97. The lowest BCUT2D eigenvalue weighted by molar-refractivity contribution is 0.0689. The third-order valence-corrected chi connectivity index (χ3v) is 6.08.